The molecule has 2 fully saturated rings. The smallest absolute Gasteiger partial charge is 0.490 e. The molecule has 0 aliphatic carbocycles. The number of sulfonamides is 1. The number of hydrogen-bond donors (Lipinski definition) is 2. The number of likely N-dealkylation sites (tertiary alicyclic amines) is 1. The van der Waals surface area contributed by atoms with E-state index in [0.29, 0.717) is 23.4 Å². The number of anilines is 1. The Morgan fingerprint density at radius 2 is 1.62 bits per heavy atom. The van der Waals surface area contributed by atoms with Gasteiger partial charge in [0.15, 0.2) is 5.54 Å². The molecule has 300 valence electrons. The molecule has 3 amide bonds. The normalized spacial score (nSPS) is 19.3. The number of piperazine rings is 1. The summed E-state index contributed by atoms with van der Waals surface area (Å²) in [5.74, 6) is -3.59. The molecule has 0 radical (unpaired) electrons. The van der Waals surface area contributed by atoms with Crippen LogP contribution in [-0.2, 0) is 25.2 Å². The summed E-state index contributed by atoms with van der Waals surface area (Å²) in [5.41, 5.74) is -1.68. The van der Waals surface area contributed by atoms with Crippen molar-refractivity contribution in [3.05, 3.63) is 77.5 Å². The van der Waals surface area contributed by atoms with E-state index < -0.39 is 39.6 Å². The van der Waals surface area contributed by atoms with Gasteiger partial charge in [0.25, 0.3) is 15.9 Å². The first-order valence-corrected chi connectivity index (χ1v) is 19.3. The van der Waals surface area contributed by atoms with Gasteiger partial charge in [-0.05, 0) is 76.2 Å². The van der Waals surface area contributed by atoms with Crippen molar-refractivity contribution in [1.82, 2.24) is 25.0 Å². The molecule has 3 aliphatic rings. The molecule has 15 nitrogen and oxygen atoms in total. The van der Waals surface area contributed by atoms with Gasteiger partial charge in [-0.1, -0.05) is 12.1 Å². The molecule has 1 aromatic heterocycles. The fourth-order valence-corrected chi connectivity index (χ4v) is 8.57. The van der Waals surface area contributed by atoms with Gasteiger partial charge in [0.2, 0.25) is 5.88 Å². The van der Waals surface area contributed by atoms with Gasteiger partial charge in [-0.3, -0.25) is 9.69 Å². The van der Waals surface area contributed by atoms with Gasteiger partial charge in [0.05, 0.1) is 36.1 Å². The number of pyridine rings is 1. The molecule has 2 N–H and O–H groups in total. The fraction of sp³-hybridized carbons (Fsp3) is 0.432. The number of carbonyl (C=O) groups is 3. The Balaban J connectivity index is 0.000000784. The van der Waals surface area contributed by atoms with Crippen molar-refractivity contribution >= 4 is 33.6 Å². The van der Waals surface area contributed by atoms with Crippen molar-refractivity contribution in [2.45, 2.75) is 49.3 Å². The number of ether oxygens (including phenoxy) is 2. The molecule has 3 aliphatic heterocycles. The van der Waals surface area contributed by atoms with Crippen molar-refractivity contribution in [3.8, 4) is 17.7 Å². The van der Waals surface area contributed by atoms with Crippen LogP contribution in [0.2, 0.25) is 0 Å². The van der Waals surface area contributed by atoms with Gasteiger partial charge in [-0.25, -0.2) is 23.0 Å². The highest BCUT2D eigenvalue weighted by Crippen LogP contribution is 2.50. The zero-order chi connectivity index (χ0) is 40.8. The zero-order valence-corrected chi connectivity index (χ0v) is 31.8. The van der Waals surface area contributed by atoms with E-state index in [2.05, 4.69) is 33.2 Å². The number of carboxylic acids is 1. The Morgan fingerprint density at radius 1 is 0.982 bits per heavy atom. The van der Waals surface area contributed by atoms with Crippen LogP contribution in [0.25, 0.3) is 0 Å². The van der Waals surface area contributed by atoms with Gasteiger partial charge in [0, 0.05) is 57.1 Å². The van der Waals surface area contributed by atoms with Crippen molar-refractivity contribution in [2.24, 2.45) is 0 Å². The molecule has 0 saturated carbocycles. The molecular weight excluding hydrogens is 760 g/mol. The summed E-state index contributed by atoms with van der Waals surface area (Å²) >= 11 is 0. The number of aliphatic carboxylic acids is 1. The molecule has 1 unspecified atom stereocenters. The van der Waals surface area contributed by atoms with Gasteiger partial charge in [-0.2, -0.15) is 22.7 Å². The number of aromatic nitrogens is 1. The summed E-state index contributed by atoms with van der Waals surface area (Å²) in [4.78, 5) is 49.0. The summed E-state index contributed by atoms with van der Waals surface area (Å²) in [6.07, 6.45) is -2.07. The number of amides is 3. The van der Waals surface area contributed by atoms with Crippen LogP contribution in [0.1, 0.15) is 43.4 Å². The molecule has 19 heteroatoms. The van der Waals surface area contributed by atoms with Crippen molar-refractivity contribution in [2.75, 3.05) is 63.8 Å². The molecule has 0 bridgehead atoms. The number of piperidine rings is 1. The van der Waals surface area contributed by atoms with Crippen LogP contribution in [0.3, 0.4) is 0 Å². The predicted molar refractivity (Wildman–Crippen MR) is 196 cm³/mol. The standard InChI is InChI=1S/C35H41N7O6S.C2HF3O2/c1-4-47-30-10-6-7-11-31(30)49(45,46)42-29-13-12-25(24-36)23-28(29)35(33(42)43,27-9-8-16-37-32(27)48-5-2)38-34(44)41-17-14-26(15-18-41)40-21-19-39(3)20-22-40;3-2(4,5)1(6)7/h6-13,16,23,26H,4-5,14-15,17-22H2,1-3H3,(H,38,44);(H,6,7). The van der Waals surface area contributed by atoms with Gasteiger partial charge in [-0.15, -0.1) is 0 Å². The maximum Gasteiger partial charge on any atom is 0.490 e. The van der Waals surface area contributed by atoms with Crippen LogP contribution in [0.15, 0.2) is 65.7 Å². The van der Waals surface area contributed by atoms with E-state index in [0.717, 1.165) is 39.0 Å². The number of likely N-dealkylation sites (N-methyl/N-ethyl adjacent to an activating group) is 1. The number of carbonyl (C=O) groups excluding carboxylic acids is 2. The Kier molecular flexibility index (Phi) is 12.8. The number of carboxylic acid groups (broad SMARTS) is 1. The van der Waals surface area contributed by atoms with Crippen molar-refractivity contribution < 1.29 is 50.6 Å². The SMILES string of the molecule is CCOc1ccccc1S(=O)(=O)N1C(=O)C(NC(=O)N2CCC(N3CCN(C)CC3)CC2)(c2cccnc2OCC)c2cc(C#N)ccc21.O=C(O)C(F)(F)F. The minimum Gasteiger partial charge on any atom is -0.492 e. The van der Waals surface area contributed by atoms with Crippen LogP contribution in [0.4, 0.5) is 23.7 Å². The molecule has 2 aromatic carbocycles. The Morgan fingerprint density at radius 3 is 2.23 bits per heavy atom. The third-order valence-electron chi connectivity index (χ3n) is 9.72. The van der Waals surface area contributed by atoms with E-state index in [1.165, 1.54) is 36.5 Å². The highest BCUT2D eigenvalue weighted by molar-refractivity contribution is 7.93. The number of halogens is 3. The molecule has 4 heterocycles. The largest absolute Gasteiger partial charge is 0.492 e. The van der Waals surface area contributed by atoms with E-state index in [1.54, 1.807) is 43.0 Å². The molecule has 3 aromatic rings. The summed E-state index contributed by atoms with van der Waals surface area (Å²) in [7, 11) is -2.50. The average molecular weight is 802 g/mol. The molecular formula is C37H42F3N7O8S. The summed E-state index contributed by atoms with van der Waals surface area (Å²) in [5, 5.41) is 20.0. The Hall–Kier alpha value is -5.45. The molecule has 1 atom stereocenters. The second-order valence-corrected chi connectivity index (χ2v) is 14.9. The van der Waals surface area contributed by atoms with E-state index in [9.17, 15) is 31.6 Å². The van der Waals surface area contributed by atoms with Crippen LogP contribution in [0, 0.1) is 11.3 Å². The number of fused-ring (bicyclic) bond motifs is 1. The van der Waals surface area contributed by atoms with Crippen LogP contribution in [0.5, 0.6) is 11.6 Å². The lowest BCUT2D eigenvalue weighted by atomic mass is 9.83. The number of nitrogens with zero attached hydrogens (tertiary/aromatic N) is 6. The second kappa shape index (κ2) is 17.1. The summed E-state index contributed by atoms with van der Waals surface area (Å²) in [6, 6.07) is 15.4. The summed E-state index contributed by atoms with van der Waals surface area (Å²) < 4.78 is 73.1. The topological polar surface area (TPSA) is 186 Å². The second-order valence-electron chi connectivity index (χ2n) is 13.1. The molecule has 0 spiro atoms. The maximum absolute atomic E-state index is 15.1. The first-order chi connectivity index (χ1) is 26.6. The number of urea groups is 1. The summed E-state index contributed by atoms with van der Waals surface area (Å²) in [6.45, 7) is 8.72. The number of alkyl halides is 3. The minimum atomic E-state index is -5.08. The Labute approximate surface area is 322 Å². The van der Waals surface area contributed by atoms with E-state index in [-0.39, 0.29) is 52.1 Å². The quantitative estimate of drug-likeness (QED) is 0.320. The lowest BCUT2D eigenvalue weighted by Crippen LogP contribution is -2.59. The van der Waals surface area contributed by atoms with Crippen molar-refractivity contribution in [3.63, 3.8) is 0 Å². The molecule has 56 heavy (non-hydrogen) atoms. The van der Waals surface area contributed by atoms with Crippen LogP contribution < -0.4 is 19.1 Å². The van der Waals surface area contributed by atoms with Crippen LogP contribution >= 0.6 is 0 Å². The van der Waals surface area contributed by atoms with Gasteiger partial charge >= 0.3 is 18.2 Å². The lowest BCUT2D eigenvalue weighted by molar-refractivity contribution is -0.192. The first-order valence-electron chi connectivity index (χ1n) is 17.8. The minimum absolute atomic E-state index is 0.00400. The number of para-hydroxylation sites is 1. The number of benzene rings is 2. The number of nitrogens with one attached hydrogen (secondary N) is 1. The first kappa shape index (κ1) is 41.7. The monoisotopic (exact) mass is 801 g/mol. The van der Waals surface area contributed by atoms with Crippen molar-refractivity contribution in [1.29, 1.82) is 5.26 Å². The highest BCUT2D eigenvalue weighted by atomic mass is 32.2. The molecule has 2 saturated heterocycles. The van der Waals surface area contributed by atoms with E-state index in [4.69, 9.17) is 19.4 Å². The highest BCUT2D eigenvalue weighted by Gasteiger charge is 2.59. The number of nitriles is 1. The Bertz CT molecular complexity index is 2080. The third-order valence-corrected chi connectivity index (χ3v) is 11.5. The van der Waals surface area contributed by atoms with Crippen LogP contribution in [-0.4, -0.2) is 123 Å². The van der Waals surface area contributed by atoms with E-state index in [1.807, 2.05) is 0 Å². The van der Waals surface area contributed by atoms with Gasteiger partial charge < -0.3 is 29.7 Å². The van der Waals surface area contributed by atoms with Gasteiger partial charge in [0.1, 0.15) is 10.6 Å². The number of rotatable bonds is 9. The van der Waals surface area contributed by atoms with E-state index >= 15 is 4.79 Å². The molecule has 6 rings (SSSR count). The predicted octanol–water partition coefficient (Wildman–Crippen LogP) is 3.78. The maximum atomic E-state index is 15.1. The third kappa shape index (κ3) is 8.37. The zero-order valence-electron chi connectivity index (χ0n) is 31.0. The average Bonchev–Trinajstić information content (AvgIpc) is 3.43. The lowest BCUT2D eigenvalue weighted by Gasteiger charge is -2.42. The number of hydrogen-bond acceptors (Lipinski definition) is 11. The fourth-order valence-electron chi connectivity index (χ4n) is 6.97.